The number of carboxylic acids is 1. The lowest BCUT2D eigenvalue weighted by Gasteiger charge is -2.03. The molecule has 2 heterocycles. The SMILES string of the molecule is Cn1cc(OCc2ccnc(C(=O)O)c2)cn1. The maximum absolute atomic E-state index is 10.7. The molecule has 0 aliphatic heterocycles. The molecule has 0 aliphatic rings. The smallest absolute Gasteiger partial charge is 0.354 e. The van der Waals surface area contributed by atoms with Crippen LogP contribution < -0.4 is 4.74 Å². The normalized spacial score (nSPS) is 10.2. The molecule has 0 fully saturated rings. The highest BCUT2D eigenvalue weighted by Gasteiger charge is 2.05. The van der Waals surface area contributed by atoms with Gasteiger partial charge < -0.3 is 9.84 Å². The van der Waals surface area contributed by atoms with Gasteiger partial charge in [-0.2, -0.15) is 5.10 Å². The van der Waals surface area contributed by atoms with Crippen LogP contribution in [0.5, 0.6) is 5.75 Å². The molecule has 1 N–H and O–H groups in total. The summed E-state index contributed by atoms with van der Waals surface area (Å²) in [7, 11) is 1.79. The number of hydrogen-bond acceptors (Lipinski definition) is 4. The van der Waals surface area contributed by atoms with E-state index in [2.05, 4.69) is 10.1 Å². The van der Waals surface area contributed by atoms with Crippen LogP contribution in [0.1, 0.15) is 16.1 Å². The van der Waals surface area contributed by atoms with Crippen molar-refractivity contribution in [1.82, 2.24) is 14.8 Å². The molecule has 0 bridgehead atoms. The minimum absolute atomic E-state index is 0.0114. The number of carbonyl (C=O) groups is 1. The summed E-state index contributed by atoms with van der Waals surface area (Å²) in [5.41, 5.74) is 0.763. The van der Waals surface area contributed by atoms with Crippen LogP contribution in [0, 0.1) is 0 Å². The Morgan fingerprint density at radius 3 is 3.06 bits per heavy atom. The van der Waals surface area contributed by atoms with Crippen molar-refractivity contribution >= 4 is 5.97 Å². The number of aromatic nitrogens is 3. The molecule has 88 valence electrons. The van der Waals surface area contributed by atoms with Gasteiger partial charge in [0, 0.05) is 13.2 Å². The summed E-state index contributed by atoms with van der Waals surface area (Å²) in [6, 6.07) is 3.20. The van der Waals surface area contributed by atoms with Gasteiger partial charge in [-0.25, -0.2) is 9.78 Å². The van der Waals surface area contributed by atoms with Crippen LogP contribution in [0.3, 0.4) is 0 Å². The topological polar surface area (TPSA) is 77.2 Å². The number of rotatable bonds is 4. The zero-order valence-electron chi connectivity index (χ0n) is 9.20. The summed E-state index contributed by atoms with van der Waals surface area (Å²) in [6.07, 6.45) is 4.78. The molecule has 0 radical (unpaired) electrons. The minimum Gasteiger partial charge on any atom is -0.486 e. The first kappa shape index (κ1) is 11.1. The van der Waals surface area contributed by atoms with Gasteiger partial charge in [0.15, 0.2) is 5.75 Å². The van der Waals surface area contributed by atoms with Gasteiger partial charge in [-0.05, 0) is 17.7 Å². The number of ether oxygens (including phenoxy) is 1. The third kappa shape index (κ3) is 2.81. The van der Waals surface area contributed by atoms with Crippen LogP contribution in [0.25, 0.3) is 0 Å². The number of carboxylic acid groups (broad SMARTS) is 1. The number of aryl methyl sites for hydroxylation is 1. The Hall–Kier alpha value is -2.37. The fourth-order valence-electron chi connectivity index (χ4n) is 1.32. The van der Waals surface area contributed by atoms with Gasteiger partial charge in [0.1, 0.15) is 12.3 Å². The number of hydrogen-bond donors (Lipinski definition) is 1. The first-order valence-corrected chi connectivity index (χ1v) is 4.95. The molecule has 0 aromatic carbocycles. The molecule has 2 aromatic rings. The first-order chi connectivity index (χ1) is 8.15. The summed E-state index contributed by atoms with van der Waals surface area (Å²) in [4.78, 5) is 14.4. The van der Waals surface area contributed by atoms with Gasteiger partial charge >= 0.3 is 5.97 Å². The second-order valence-corrected chi connectivity index (χ2v) is 3.49. The van der Waals surface area contributed by atoms with Crippen LogP contribution in [0.2, 0.25) is 0 Å². The molecule has 0 amide bonds. The highest BCUT2D eigenvalue weighted by Crippen LogP contribution is 2.11. The van der Waals surface area contributed by atoms with Gasteiger partial charge in [0.25, 0.3) is 0 Å². The van der Waals surface area contributed by atoms with E-state index >= 15 is 0 Å². The first-order valence-electron chi connectivity index (χ1n) is 4.95. The van der Waals surface area contributed by atoms with E-state index in [4.69, 9.17) is 9.84 Å². The number of pyridine rings is 1. The average molecular weight is 233 g/mol. The lowest BCUT2D eigenvalue weighted by molar-refractivity contribution is 0.0690. The molecule has 0 spiro atoms. The van der Waals surface area contributed by atoms with E-state index in [-0.39, 0.29) is 12.3 Å². The Kier molecular flexibility index (Phi) is 3.04. The molecule has 17 heavy (non-hydrogen) atoms. The fraction of sp³-hybridized carbons (Fsp3) is 0.182. The van der Waals surface area contributed by atoms with E-state index < -0.39 is 5.97 Å². The summed E-state index contributed by atoms with van der Waals surface area (Å²) >= 11 is 0. The monoisotopic (exact) mass is 233 g/mol. The average Bonchev–Trinajstić information content (AvgIpc) is 2.73. The minimum atomic E-state index is -1.05. The van der Waals surface area contributed by atoms with Crippen LogP contribution >= 0.6 is 0 Å². The van der Waals surface area contributed by atoms with Crippen molar-refractivity contribution in [3.63, 3.8) is 0 Å². The molecule has 0 aliphatic carbocycles. The third-order valence-electron chi connectivity index (χ3n) is 2.13. The van der Waals surface area contributed by atoms with Gasteiger partial charge in [0.05, 0.1) is 12.4 Å². The zero-order chi connectivity index (χ0) is 12.3. The maximum atomic E-state index is 10.7. The second kappa shape index (κ2) is 4.65. The fourth-order valence-corrected chi connectivity index (χ4v) is 1.32. The standard InChI is InChI=1S/C11H11N3O3/c1-14-6-9(5-13-14)17-7-8-2-3-12-10(4-8)11(15)16/h2-6H,7H2,1H3,(H,15,16). The quantitative estimate of drug-likeness (QED) is 0.855. The lowest BCUT2D eigenvalue weighted by atomic mass is 10.2. The van der Waals surface area contributed by atoms with Gasteiger partial charge in [-0.1, -0.05) is 0 Å². The molecular formula is C11H11N3O3. The molecule has 0 atom stereocenters. The van der Waals surface area contributed by atoms with Crippen molar-refractivity contribution < 1.29 is 14.6 Å². The van der Waals surface area contributed by atoms with E-state index in [1.165, 1.54) is 12.3 Å². The van der Waals surface area contributed by atoms with E-state index in [0.717, 1.165) is 5.56 Å². The molecule has 0 saturated carbocycles. The summed E-state index contributed by atoms with van der Waals surface area (Å²) in [5, 5.41) is 12.7. The summed E-state index contributed by atoms with van der Waals surface area (Å²) in [6.45, 7) is 0.286. The van der Waals surface area contributed by atoms with Crippen molar-refractivity contribution in [1.29, 1.82) is 0 Å². The molecule has 2 aromatic heterocycles. The Labute approximate surface area is 97.5 Å². The van der Waals surface area contributed by atoms with E-state index in [0.29, 0.717) is 5.75 Å². The van der Waals surface area contributed by atoms with Gasteiger partial charge in [-0.3, -0.25) is 4.68 Å². The van der Waals surface area contributed by atoms with Crippen LogP contribution in [0.15, 0.2) is 30.7 Å². The molecule has 6 heteroatoms. The van der Waals surface area contributed by atoms with Crippen LogP contribution in [-0.2, 0) is 13.7 Å². The molecule has 2 rings (SSSR count). The van der Waals surface area contributed by atoms with Gasteiger partial charge in [0.2, 0.25) is 0 Å². The van der Waals surface area contributed by atoms with E-state index in [1.54, 1.807) is 30.2 Å². The Morgan fingerprint density at radius 2 is 2.41 bits per heavy atom. The predicted molar refractivity (Wildman–Crippen MR) is 58.7 cm³/mol. The van der Waals surface area contributed by atoms with E-state index in [1.807, 2.05) is 0 Å². The number of nitrogens with zero attached hydrogens (tertiary/aromatic N) is 3. The molecule has 6 nitrogen and oxygen atoms in total. The number of aromatic carboxylic acids is 1. The second-order valence-electron chi connectivity index (χ2n) is 3.49. The Balaban J connectivity index is 2.04. The highest BCUT2D eigenvalue weighted by molar-refractivity contribution is 5.85. The zero-order valence-corrected chi connectivity index (χ0v) is 9.20. The molecule has 0 saturated heterocycles. The Morgan fingerprint density at radius 1 is 1.59 bits per heavy atom. The van der Waals surface area contributed by atoms with Crippen molar-refractivity contribution in [3.05, 3.63) is 42.0 Å². The summed E-state index contributed by atoms with van der Waals surface area (Å²) in [5.74, 6) is -0.408. The summed E-state index contributed by atoms with van der Waals surface area (Å²) < 4.78 is 7.07. The van der Waals surface area contributed by atoms with Crippen LogP contribution in [0.4, 0.5) is 0 Å². The van der Waals surface area contributed by atoms with Crippen molar-refractivity contribution in [2.45, 2.75) is 6.61 Å². The van der Waals surface area contributed by atoms with E-state index in [9.17, 15) is 4.79 Å². The maximum Gasteiger partial charge on any atom is 0.354 e. The molecular weight excluding hydrogens is 222 g/mol. The largest absolute Gasteiger partial charge is 0.486 e. The predicted octanol–water partition coefficient (Wildman–Crippen LogP) is 1.09. The highest BCUT2D eigenvalue weighted by atomic mass is 16.5. The van der Waals surface area contributed by atoms with Crippen LogP contribution in [-0.4, -0.2) is 25.8 Å². The van der Waals surface area contributed by atoms with Crippen molar-refractivity contribution in [3.8, 4) is 5.75 Å². The van der Waals surface area contributed by atoms with Crippen molar-refractivity contribution in [2.75, 3.05) is 0 Å². The van der Waals surface area contributed by atoms with Gasteiger partial charge in [-0.15, -0.1) is 0 Å². The Bertz CT molecular complexity index is 536. The molecule has 0 unspecified atom stereocenters. The lowest BCUT2D eigenvalue weighted by Crippen LogP contribution is -2.02. The van der Waals surface area contributed by atoms with Crippen molar-refractivity contribution in [2.24, 2.45) is 7.05 Å². The third-order valence-corrected chi connectivity index (χ3v) is 2.13.